The normalized spacial score (nSPS) is 11.1. The molecule has 0 aliphatic heterocycles. The second-order valence-corrected chi connectivity index (χ2v) is 5.86. The van der Waals surface area contributed by atoms with Gasteiger partial charge in [0.15, 0.2) is 5.76 Å². The van der Waals surface area contributed by atoms with E-state index in [1.165, 1.54) is 6.20 Å². The molecule has 5 heteroatoms. The Labute approximate surface area is 143 Å². The van der Waals surface area contributed by atoms with Crippen LogP contribution in [0.4, 0.5) is 5.69 Å². The molecule has 2 aromatic heterocycles. The third kappa shape index (κ3) is 2.55. The van der Waals surface area contributed by atoms with Crippen LogP contribution in [0, 0.1) is 6.92 Å². The van der Waals surface area contributed by atoms with Crippen molar-refractivity contribution in [3.8, 4) is 0 Å². The second kappa shape index (κ2) is 6.03. The summed E-state index contributed by atoms with van der Waals surface area (Å²) in [7, 11) is 0. The van der Waals surface area contributed by atoms with Crippen LogP contribution in [0.25, 0.3) is 21.7 Å². The van der Waals surface area contributed by atoms with E-state index in [4.69, 9.17) is 4.42 Å². The predicted molar refractivity (Wildman–Crippen MR) is 96.6 cm³/mol. The molecule has 0 bridgehead atoms. The van der Waals surface area contributed by atoms with E-state index >= 15 is 0 Å². The number of nitrogens with zero attached hydrogens (tertiary/aromatic N) is 1. The van der Waals surface area contributed by atoms with Crippen molar-refractivity contribution in [2.24, 2.45) is 0 Å². The summed E-state index contributed by atoms with van der Waals surface area (Å²) >= 11 is 0. The number of aryl methyl sites for hydroxylation is 1. The van der Waals surface area contributed by atoms with Crippen molar-refractivity contribution in [3.05, 3.63) is 71.7 Å². The number of carbonyl (C=O) groups is 1. The Morgan fingerprint density at radius 2 is 2.00 bits per heavy atom. The molecule has 0 aliphatic carbocycles. The number of rotatable bonds is 3. The number of aliphatic hydroxyl groups is 1. The summed E-state index contributed by atoms with van der Waals surface area (Å²) in [5, 5.41) is 15.1. The van der Waals surface area contributed by atoms with Crippen molar-refractivity contribution in [1.82, 2.24) is 4.98 Å². The number of pyridine rings is 1. The lowest BCUT2D eigenvalue weighted by molar-refractivity contribution is 0.0997. The largest absolute Gasteiger partial charge is 0.450 e. The summed E-state index contributed by atoms with van der Waals surface area (Å²) < 4.78 is 5.92. The van der Waals surface area contributed by atoms with E-state index in [-0.39, 0.29) is 18.3 Å². The van der Waals surface area contributed by atoms with Crippen molar-refractivity contribution >= 4 is 33.3 Å². The monoisotopic (exact) mass is 332 g/mol. The minimum Gasteiger partial charge on any atom is -0.450 e. The van der Waals surface area contributed by atoms with Gasteiger partial charge in [-0.3, -0.25) is 9.78 Å². The maximum absolute atomic E-state index is 12.7. The maximum Gasteiger partial charge on any atom is 0.291 e. The van der Waals surface area contributed by atoms with E-state index < -0.39 is 0 Å². The van der Waals surface area contributed by atoms with Crippen LogP contribution in [-0.4, -0.2) is 16.0 Å². The molecule has 0 saturated heterocycles. The number of benzene rings is 2. The number of hydrogen-bond acceptors (Lipinski definition) is 4. The lowest BCUT2D eigenvalue weighted by Crippen LogP contribution is -2.13. The first-order chi connectivity index (χ1) is 12.2. The number of carbonyl (C=O) groups excluding carboxylic acids is 1. The summed E-state index contributed by atoms with van der Waals surface area (Å²) in [6.45, 7) is 1.69. The van der Waals surface area contributed by atoms with Crippen molar-refractivity contribution < 1.29 is 14.3 Å². The first-order valence-corrected chi connectivity index (χ1v) is 7.95. The van der Waals surface area contributed by atoms with Crippen molar-refractivity contribution in [1.29, 1.82) is 0 Å². The van der Waals surface area contributed by atoms with Crippen LogP contribution in [0.5, 0.6) is 0 Å². The Bertz CT molecular complexity index is 1100. The number of nitrogens with one attached hydrogen (secondary N) is 1. The van der Waals surface area contributed by atoms with Crippen molar-refractivity contribution in [2.75, 3.05) is 5.32 Å². The van der Waals surface area contributed by atoms with Gasteiger partial charge in [0.05, 0.1) is 18.5 Å². The Morgan fingerprint density at radius 1 is 1.16 bits per heavy atom. The molecule has 0 aliphatic rings. The molecule has 0 fully saturated rings. The molecule has 4 rings (SSSR count). The molecule has 4 aromatic rings. The van der Waals surface area contributed by atoms with Crippen LogP contribution in [-0.2, 0) is 6.61 Å². The van der Waals surface area contributed by atoms with Crippen LogP contribution < -0.4 is 5.32 Å². The Hall–Kier alpha value is -3.18. The van der Waals surface area contributed by atoms with Crippen LogP contribution in [0.1, 0.15) is 21.7 Å². The van der Waals surface area contributed by atoms with Crippen LogP contribution in [0.15, 0.2) is 59.3 Å². The molecule has 0 saturated carbocycles. The van der Waals surface area contributed by atoms with Gasteiger partial charge in [-0.15, -0.1) is 0 Å². The van der Waals surface area contributed by atoms with Crippen molar-refractivity contribution in [3.63, 3.8) is 0 Å². The molecule has 2 N–H and O–H groups in total. The fourth-order valence-corrected chi connectivity index (χ4v) is 3.02. The third-order valence-corrected chi connectivity index (χ3v) is 4.36. The third-order valence-electron chi connectivity index (χ3n) is 4.36. The van der Waals surface area contributed by atoms with Crippen LogP contribution in [0.2, 0.25) is 0 Å². The Balaban J connectivity index is 1.80. The first kappa shape index (κ1) is 15.4. The molecule has 2 aromatic carbocycles. The zero-order valence-corrected chi connectivity index (χ0v) is 13.6. The molecule has 0 radical (unpaired) electrons. The van der Waals surface area contributed by atoms with Crippen molar-refractivity contribution in [2.45, 2.75) is 13.5 Å². The fourth-order valence-electron chi connectivity index (χ4n) is 3.02. The molecule has 0 spiro atoms. The number of fused-ring (bicyclic) bond motifs is 3. The van der Waals surface area contributed by atoms with E-state index in [1.54, 1.807) is 12.3 Å². The summed E-state index contributed by atoms with van der Waals surface area (Å²) in [5.41, 5.74) is 2.56. The number of aromatic nitrogens is 1. The topological polar surface area (TPSA) is 75.4 Å². The zero-order valence-electron chi connectivity index (χ0n) is 13.6. The van der Waals surface area contributed by atoms with Gasteiger partial charge in [0.25, 0.3) is 5.91 Å². The maximum atomic E-state index is 12.7. The number of aliphatic hydroxyl groups excluding tert-OH is 1. The van der Waals surface area contributed by atoms with Gasteiger partial charge in [0.2, 0.25) is 0 Å². The van der Waals surface area contributed by atoms with E-state index in [1.807, 2.05) is 43.3 Å². The summed E-state index contributed by atoms with van der Waals surface area (Å²) in [6, 6.07) is 13.6. The minimum atomic E-state index is -0.361. The number of amides is 1. The Morgan fingerprint density at radius 3 is 2.84 bits per heavy atom. The number of hydrogen-bond donors (Lipinski definition) is 2. The lowest BCUT2D eigenvalue weighted by atomic mass is 10.1. The highest BCUT2D eigenvalue weighted by molar-refractivity contribution is 6.11. The molecular formula is C20H16N2O3. The highest BCUT2D eigenvalue weighted by atomic mass is 16.3. The average Bonchev–Trinajstić information content (AvgIpc) is 2.99. The van der Waals surface area contributed by atoms with E-state index in [0.29, 0.717) is 16.8 Å². The standard InChI is InChI=1S/C20H16N2O3/c1-12-15-7-6-13-4-2-3-5-16(13)19(15)25-18(12)20(24)22-17-10-21-9-8-14(17)11-23/h2-10,23H,11H2,1H3,(H,22,24). The Kier molecular flexibility index (Phi) is 3.71. The predicted octanol–water partition coefficient (Wildman–Crippen LogP) is 4.03. The molecule has 124 valence electrons. The molecule has 2 heterocycles. The average molecular weight is 332 g/mol. The molecule has 25 heavy (non-hydrogen) atoms. The summed E-state index contributed by atoms with van der Waals surface area (Å²) in [6.07, 6.45) is 3.08. The molecular weight excluding hydrogens is 316 g/mol. The number of anilines is 1. The highest BCUT2D eigenvalue weighted by Crippen LogP contribution is 2.32. The molecule has 0 unspecified atom stereocenters. The summed E-state index contributed by atoms with van der Waals surface area (Å²) in [5.74, 6) is -0.0976. The molecule has 5 nitrogen and oxygen atoms in total. The van der Waals surface area contributed by atoms with E-state index in [2.05, 4.69) is 10.3 Å². The quantitative estimate of drug-likeness (QED) is 0.594. The van der Waals surface area contributed by atoms with Crippen LogP contribution >= 0.6 is 0 Å². The minimum absolute atomic E-state index is 0.179. The lowest BCUT2D eigenvalue weighted by Gasteiger charge is -2.07. The van der Waals surface area contributed by atoms with E-state index in [0.717, 1.165) is 21.7 Å². The van der Waals surface area contributed by atoms with Crippen LogP contribution in [0.3, 0.4) is 0 Å². The van der Waals surface area contributed by atoms with Gasteiger partial charge in [-0.2, -0.15) is 0 Å². The fraction of sp³-hybridized carbons (Fsp3) is 0.100. The number of furan rings is 1. The van der Waals surface area contributed by atoms with E-state index in [9.17, 15) is 9.90 Å². The smallest absolute Gasteiger partial charge is 0.291 e. The second-order valence-electron chi connectivity index (χ2n) is 5.86. The molecule has 1 amide bonds. The van der Waals surface area contributed by atoms with Gasteiger partial charge in [-0.1, -0.05) is 36.4 Å². The molecule has 0 atom stereocenters. The van der Waals surface area contributed by atoms with Gasteiger partial charge < -0.3 is 14.8 Å². The van der Waals surface area contributed by atoms with Gasteiger partial charge in [-0.25, -0.2) is 0 Å². The zero-order chi connectivity index (χ0) is 17.4. The van der Waals surface area contributed by atoms with Gasteiger partial charge in [-0.05, 0) is 18.4 Å². The van der Waals surface area contributed by atoms with Gasteiger partial charge >= 0.3 is 0 Å². The summed E-state index contributed by atoms with van der Waals surface area (Å²) in [4.78, 5) is 16.7. The van der Waals surface area contributed by atoms with Gasteiger partial charge in [0, 0.05) is 28.1 Å². The SMILES string of the molecule is Cc1c(C(=O)Nc2cnccc2CO)oc2c1ccc1ccccc12. The first-order valence-electron chi connectivity index (χ1n) is 7.95. The van der Waals surface area contributed by atoms with Gasteiger partial charge in [0.1, 0.15) is 5.58 Å². The highest BCUT2D eigenvalue weighted by Gasteiger charge is 2.20.